The normalized spacial score (nSPS) is 10.8. The van der Waals surface area contributed by atoms with E-state index in [1.165, 1.54) is 0 Å². The lowest BCUT2D eigenvalue weighted by Crippen LogP contribution is -2.28. The van der Waals surface area contributed by atoms with E-state index in [-0.39, 0.29) is 6.61 Å². The van der Waals surface area contributed by atoms with Gasteiger partial charge in [0.1, 0.15) is 6.61 Å². The number of carboxylic acid groups (broad SMARTS) is 1. The average molecular weight is 273 g/mol. The quantitative estimate of drug-likeness (QED) is 0.828. The molecule has 0 spiro atoms. The molecule has 0 aliphatic heterocycles. The Morgan fingerprint density at radius 2 is 1.79 bits per heavy atom. The number of nitrogens with zero attached hydrogens (tertiary/aromatic N) is 1. The lowest BCUT2D eigenvalue weighted by Gasteiger charge is -2.18. The number of hydrogen-bond donors (Lipinski definition) is 1. The van der Waals surface area contributed by atoms with Crippen molar-refractivity contribution in [2.45, 2.75) is 13.8 Å². The molecule has 0 radical (unpaired) electrons. The second kappa shape index (κ2) is 7.04. The first kappa shape index (κ1) is 15.4. The van der Waals surface area contributed by atoms with Crippen molar-refractivity contribution < 1.29 is 23.4 Å². The number of hydrogen-bond acceptors (Lipinski definition) is 3. The van der Waals surface area contributed by atoms with Crippen LogP contribution in [-0.2, 0) is 0 Å². The predicted octanol–water partition coefficient (Wildman–Crippen LogP) is 2.38. The van der Waals surface area contributed by atoms with Crippen molar-refractivity contribution in [2.75, 3.05) is 26.2 Å². The number of rotatable bonds is 7. The Morgan fingerprint density at radius 1 is 1.26 bits per heavy atom. The molecule has 0 aliphatic carbocycles. The molecule has 19 heavy (non-hydrogen) atoms. The van der Waals surface area contributed by atoms with Crippen molar-refractivity contribution in [1.82, 2.24) is 4.90 Å². The molecule has 0 saturated carbocycles. The molecule has 0 aromatic heterocycles. The largest absolute Gasteiger partial charge is 0.486 e. The van der Waals surface area contributed by atoms with Crippen LogP contribution in [0.5, 0.6) is 5.75 Å². The number of carbonyl (C=O) groups is 1. The Bertz CT molecular complexity index is 425. The molecule has 0 aliphatic rings. The molecule has 1 rings (SSSR count). The highest BCUT2D eigenvalue weighted by Crippen LogP contribution is 2.23. The van der Waals surface area contributed by atoms with Crippen molar-refractivity contribution in [3.8, 4) is 5.75 Å². The molecular formula is C13H17F2NO3. The minimum Gasteiger partial charge on any atom is -0.486 e. The van der Waals surface area contributed by atoms with Gasteiger partial charge in [-0.15, -0.1) is 0 Å². The highest BCUT2D eigenvalue weighted by Gasteiger charge is 2.16. The van der Waals surface area contributed by atoms with Gasteiger partial charge in [0.05, 0.1) is 5.56 Å². The topological polar surface area (TPSA) is 49.8 Å². The van der Waals surface area contributed by atoms with Crippen LogP contribution in [-0.4, -0.2) is 42.2 Å². The Hall–Kier alpha value is -1.69. The zero-order chi connectivity index (χ0) is 14.4. The monoisotopic (exact) mass is 273 g/mol. The fourth-order valence-corrected chi connectivity index (χ4v) is 1.64. The second-order valence-electron chi connectivity index (χ2n) is 3.95. The van der Waals surface area contributed by atoms with Crippen LogP contribution in [0.15, 0.2) is 12.1 Å². The maximum Gasteiger partial charge on any atom is 0.335 e. The van der Waals surface area contributed by atoms with E-state index in [0.717, 1.165) is 25.2 Å². The highest BCUT2D eigenvalue weighted by atomic mass is 19.1. The molecule has 0 heterocycles. The third-order valence-electron chi connectivity index (χ3n) is 2.79. The summed E-state index contributed by atoms with van der Waals surface area (Å²) < 4.78 is 32.1. The van der Waals surface area contributed by atoms with Gasteiger partial charge in [-0.2, -0.15) is 0 Å². The van der Waals surface area contributed by atoms with E-state index >= 15 is 0 Å². The summed E-state index contributed by atoms with van der Waals surface area (Å²) in [5.41, 5.74) is -0.439. The van der Waals surface area contributed by atoms with Gasteiger partial charge in [-0.05, 0) is 25.2 Å². The molecule has 0 atom stereocenters. The van der Waals surface area contributed by atoms with E-state index in [0.29, 0.717) is 6.54 Å². The van der Waals surface area contributed by atoms with E-state index in [1.54, 1.807) is 0 Å². The highest BCUT2D eigenvalue weighted by molar-refractivity contribution is 5.87. The number of benzene rings is 1. The van der Waals surface area contributed by atoms with Crippen LogP contribution in [0, 0.1) is 11.6 Å². The van der Waals surface area contributed by atoms with Gasteiger partial charge >= 0.3 is 5.97 Å². The lowest BCUT2D eigenvalue weighted by atomic mass is 10.2. The van der Waals surface area contributed by atoms with Gasteiger partial charge in [-0.3, -0.25) is 0 Å². The molecule has 1 N–H and O–H groups in total. The third-order valence-corrected chi connectivity index (χ3v) is 2.79. The van der Waals surface area contributed by atoms with E-state index in [1.807, 2.05) is 18.7 Å². The summed E-state index contributed by atoms with van der Waals surface area (Å²) in [6.45, 7) is 6.29. The van der Waals surface area contributed by atoms with Gasteiger partial charge in [-0.25, -0.2) is 13.6 Å². The van der Waals surface area contributed by atoms with Crippen LogP contribution in [0.1, 0.15) is 24.2 Å². The van der Waals surface area contributed by atoms with E-state index in [2.05, 4.69) is 0 Å². The summed E-state index contributed by atoms with van der Waals surface area (Å²) >= 11 is 0. The Balaban J connectivity index is 2.71. The van der Waals surface area contributed by atoms with Crippen molar-refractivity contribution in [3.63, 3.8) is 0 Å². The van der Waals surface area contributed by atoms with Crippen molar-refractivity contribution in [2.24, 2.45) is 0 Å². The smallest absolute Gasteiger partial charge is 0.335 e. The van der Waals surface area contributed by atoms with Crippen LogP contribution in [0.2, 0.25) is 0 Å². The van der Waals surface area contributed by atoms with Crippen LogP contribution in [0.3, 0.4) is 0 Å². The summed E-state index contributed by atoms with van der Waals surface area (Å²) in [4.78, 5) is 12.7. The second-order valence-corrected chi connectivity index (χ2v) is 3.95. The summed E-state index contributed by atoms with van der Waals surface area (Å²) in [6, 6.07) is 1.50. The molecular weight excluding hydrogens is 256 g/mol. The van der Waals surface area contributed by atoms with E-state index in [4.69, 9.17) is 9.84 Å². The summed E-state index contributed by atoms with van der Waals surface area (Å²) in [7, 11) is 0. The van der Waals surface area contributed by atoms with Gasteiger partial charge in [0, 0.05) is 6.54 Å². The lowest BCUT2D eigenvalue weighted by molar-refractivity contribution is 0.0695. The molecule has 0 unspecified atom stereocenters. The predicted molar refractivity (Wildman–Crippen MR) is 66.6 cm³/mol. The van der Waals surface area contributed by atoms with E-state index in [9.17, 15) is 13.6 Å². The van der Waals surface area contributed by atoms with Crippen LogP contribution in [0.4, 0.5) is 8.78 Å². The first-order chi connectivity index (χ1) is 8.99. The average Bonchev–Trinajstić information content (AvgIpc) is 2.37. The number of likely N-dealkylation sites (N-methyl/N-ethyl adjacent to an activating group) is 1. The Morgan fingerprint density at radius 3 is 2.21 bits per heavy atom. The molecule has 0 amide bonds. The molecule has 1 aromatic rings. The summed E-state index contributed by atoms with van der Waals surface area (Å²) in [6.07, 6.45) is 0. The molecule has 0 saturated heterocycles. The van der Waals surface area contributed by atoms with Crippen molar-refractivity contribution >= 4 is 5.97 Å². The molecule has 1 aromatic carbocycles. The Kier molecular flexibility index (Phi) is 5.69. The zero-order valence-corrected chi connectivity index (χ0v) is 10.9. The maximum atomic E-state index is 13.5. The molecule has 0 fully saturated rings. The number of ether oxygens (including phenoxy) is 1. The zero-order valence-electron chi connectivity index (χ0n) is 10.9. The summed E-state index contributed by atoms with van der Waals surface area (Å²) in [5.74, 6) is -3.92. The van der Waals surface area contributed by atoms with Crippen molar-refractivity contribution in [3.05, 3.63) is 29.3 Å². The standard InChI is InChI=1S/C13H17F2NO3/c1-3-16(4-2)5-6-19-12-10(14)7-9(13(17)18)8-11(12)15/h7-8H,3-6H2,1-2H3,(H,17,18). The first-order valence-electron chi connectivity index (χ1n) is 6.07. The van der Waals surface area contributed by atoms with Gasteiger partial charge in [-0.1, -0.05) is 13.8 Å². The minimum atomic E-state index is -1.38. The van der Waals surface area contributed by atoms with Crippen LogP contribution in [0.25, 0.3) is 0 Å². The fraction of sp³-hybridized carbons (Fsp3) is 0.462. The number of aromatic carboxylic acids is 1. The summed E-state index contributed by atoms with van der Waals surface area (Å²) in [5, 5.41) is 8.66. The minimum absolute atomic E-state index is 0.141. The first-order valence-corrected chi connectivity index (χ1v) is 6.07. The van der Waals surface area contributed by atoms with Crippen molar-refractivity contribution in [1.29, 1.82) is 0 Å². The SMILES string of the molecule is CCN(CC)CCOc1c(F)cc(C(=O)O)cc1F. The van der Waals surface area contributed by atoms with Gasteiger partial charge in [0.2, 0.25) is 0 Å². The van der Waals surface area contributed by atoms with Gasteiger partial charge < -0.3 is 14.7 Å². The van der Waals surface area contributed by atoms with Gasteiger partial charge in [0.25, 0.3) is 0 Å². The van der Waals surface area contributed by atoms with E-state index < -0.39 is 28.9 Å². The maximum absolute atomic E-state index is 13.5. The van der Waals surface area contributed by atoms with Gasteiger partial charge in [0.15, 0.2) is 17.4 Å². The molecule has 6 heteroatoms. The Labute approximate surface area is 110 Å². The van der Waals surface area contributed by atoms with Crippen LogP contribution < -0.4 is 4.74 Å². The van der Waals surface area contributed by atoms with Crippen LogP contribution >= 0.6 is 0 Å². The molecule has 4 nitrogen and oxygen atoms in total. The molecule has 0 bridgehead atoms. The fourth-order valence-electron chi connectivity index (χ4n) is 1.64. The number of halogens is 2. The third kappa shape index (κ3) is 4.17. The number of carboxylic acids is 1. The molecule has 106 valence electrons.